The molecular weight excluding hydrogens is 388 g/mol. The van der Waals surface area contributed by atoms with Crippen molar-refractivity contribution in [3.63, 3.8) is 0 Å². The number of hydrogen-bond acceptors (Lipinski definition) is 5. The summed E-state index contributed by atoms with van der Waals surface area (Å²) in [5, 5.41) is 0. The molecule has 0 unspecified atom stereocenters. The maximum atomic E-state index is 6.64. The van der Waals surface area contributed by atoms with Crippen LogP contribution in [-0.2, 0) is 10.3 Å². The molecule has 3 nitrogen and oxygen atoms in total. The lowest BCUT2D eigenvalue weighted by molar-refractivity contribution is 0.0472. The molecule has 0 amide bonds. The van der Waals surface area contributed by atoms with E-state index in [9.17, 15) is 0 Å². The molecule has 0 aliphatic rings. The monoisotopic (exact) mass is 412 g/mol. The van der Waals surface area contributed by atoms with Crippen LogP contribution in [0, 0.1) is 0 Å². The molecule has 0 bridgehead atoms. The molecule has 3 aromatic carbocycles. The van der Waals surface area contributed by atoms with Gasteiger partial charge in [0, 0.05) is 0 Å². The largest absolute Gasteiger partial charge is 0.497 e. The second kappa shape index (κ2) is 9.92. The van der Waals surface area contributed by atoms with E-state index >= 15 is 0 Å². The van der Waals surface area contributed by atoms with Gasteiger partial charge in [0.05, 0.1) is 14.2 Å². The van der Waals surface area contributed by atoms with Crippen LogP contribution in [0.25, 0.3) is 0 Å². The predicted octanol–water partition coefficient (Wildman–Crippen LogP) is 5.98. The molecule has 0 aliphatic heterocycles. The van der Waals surface area contributed by atoms with Crippen LogP contribution in [-0.4, -0.2) is 26.4 Å². The van der Waals surface area contributed by atoms with E-state index in [1.54, 1.807) is 35.8 Å². The maximum absolute atomic E-state index is 6.64. The number of rotatable bonds is 9. The topological polar surface area (TPSA) is 27.7 Å². The highest BCUT2D eigenvalue weighted by atomic mass is 33.1. The lowest BCUT2D eigenvalue weighted by Crippen LogP contribution is -2.32. The molecule has 3 aromatic rings. The zero-order valence-electron chi connectivity index (χ0n) is 16.3. The van der Waals surface area contributed by atoms with Gasteiger partial charge in [-0.15, -0.1) is 0 Å². The summed E-state index contributed by atoms with van der Waals surface area (Å²) in [5.74, 6) is 2.19. The van der Waals surface area contributed by atoms with Crippen LogP contribution < -0.4 is 9.47 Å². The van der Waals surface area contributed by atoms with Crippen molar-refractivity contribution in [1.82, 2.24) is 0 Å². The van der Waals surface area contributed by atoms with Crippen LogP contribution in [0.15, 0.2) is 78.9 Å². The van der Waals surface area contributed by atoms with Gasteiger partial charge in [0.15, 0.2) is 0 Å². The van der Waals surface area contributed by atoms with Crippen molar-refractivity contribution in [3.8, 4) is 11.5 Å². The zero-order chi connectivity index (χ0) is 19.8. The Labute approximate surface area is 174 Å². The Morgan fingerprint density at radius 2 is 1.14 bits per heavy atom. The van der Waals surface area contributed by atoms with Gasteiger partial charge in [-0.25, -0.2) is 0 Å². The highest BCUT2D eigenvalue weighted by molar-refractivity contribution is 8.76. The molecule has 3 rings (SSSR count). The molecule has 5 heteroatoms. The normalized spacial score (nSPS) is 11.2. The van der Waals surface area contributed by atoms with E-state index in [0.717, 1.165) is 28.2 Å². The minimum atomic E-state index is -0.734. The van der Waals surface area contributed by atoms with Crippen molar-refractivity contribution in [1.29, 1.82) is 0 Å². The fraction of sp³-hybridized carbons (Fsp3) is 0.217. The van der Waals surface area contributed by atoms with Crippen molar-refractivity contribution < 1.29 is 14.2 Å². The third-order valence-corrected chi connectivity index (χ3v) is 6.06. The van der Waals surface area contributed by atoms with Gasteiger partial charge in [-0.05, 0) is 47.2 Å². The Bertz CT molecular complexity index is 802. The van der Waals surface area contributed by atoms with E-state index in [2.05, 4.69) is 42.7 Å². The fourth-order valence-electron chi connectivity index (χ4n) is 3.23. The Kier molecular flexibility index (Phi) is 7.31. The molecule has 0 spiro atoms. The van der Waals surface area contributed by atoms with Gasteiger partial charge in [0.1, 0.15) is 23.0 Å². The smallest absolute Gasteiger partial charge is 0.144 e. The first kappa shape index (κ1) is 20.6. The Morgan fingerprint density at radius 1 is 0.679 bits per heavy atom. The molecule has 0 aromatic heterocycles. The summed E-state index contributed by atoms with van der Waals surface area (Å²) in [4.78, 5) is 0. The quantitative estimate of drug-likeness (QED) is 0.186. The van der Waals surface area contributed by atoms with E-state index in [1.807, 2.05) is 42.5 Å². The SMILES string of the molecule is COc1ccc(C(OCSSC)(c2ccccc2)c2ccc(OC)cc2)cc1. The summed E-state index contributed by atoms with van der Waals surface area (Å²) >= 11 is 0. The highest BCUT2D eigenvalue weighted by Crippen LogP contribution is 2.42. The van der Waals surface area contributed by atoms with Gasteiger partial charge < -0.3 is 14.2 Å². The second-order valence-electron chi connectivity index (χ2n) is 6.05. The van der Waals surface area contributed by atoms with Crippen molar-refractivity contribution in [2.24, 2.45) is 0 Å². The van der Waals surface area contributed by atoms with E-state index in [-0.39, 0.29) is 0 Å². The van der Waals surface area contributed by atoms with Crippen molar-refractivity contribution in [2.45, 2.75) is 5.60 Å². The van der Waals surface area contributed by atoms with Gasteiger partial charge in [0.25, 0.3) is 0 Å². The first-order valence-corrected chi connectivity index (χ1v) is 11.6. The van der Waals surface area contributed by atoms with Crippen LogP contribution >= 0.6 is 21.6 Å². The Hall–Kier alpha value is -2.08. The fourth-order valence-corrected chi connectivity index (χ4v) is 3.99. The maximum Gasteiger partial charge on any atom is 0.144 e. The average Bonchev–Trinajstić information content (AvgIpc) is 2.78. The first-order valence-electron chi connectivity index (χ1n) is 8.88. The van der Waals surface area contributed by atoms with Gasteiger partial charge in [-0.1, -0.05) is 76.2 Å². The number of ether oxygens (including phenoxy) is 3. The van der Waals surface area contributed by atoms with E-state index < -0.39 is 5.60 Å². The van der Waals surface area contributed by atoms with E-state index in [4.69, 9.17) is 14.2 Å². The lowest BCUT2D eigenvalue weighted by atomic mass is 9.80. The Morgan fingerprint density at radius 3 is 1.57 bits per heavy atom. The second-order valence-corrected chi connectivity index (χ2v) is 8.56. The molecule has 0 saturated carbocycles. The van der Waals surface area contributed by atoms with Gasteiger partial charge >= 0.3 is 0 Å². The summed E-state index contributed by atoms with van der Waals surface area (Å²) in [6.07, 6.45) is 2.05. The molecule has 0 saturated heterocycles. The minimum Gasteiger partial charge on any atom is -0.497 e. The van der Waals surface area contributed by atoms with Crippen molar-refractivity contribution in [3.05, 3.63) is 95.6 Å². The average molecular weight is 413 g/mol. The molecule has 0 atom stereocenters. The summed E-state index contributed by atoms with van der Waals surface area (Å²) in [7, 11) is 6.72. The first-order chi connectivity index (χ1) is 13.7. The zero-order valence-corrected chi connectivity index (χ0v) is 17.9. The van der Waals surface area contributed by atoms with Crippen LogP contribution in [0.1, 0.15) is 16.7 Å². The molecular formula is C23H24O3S2. The third kappa shape index (κ3) is 4.32. The molecule has 28 heavy (non-hydrogen) atoms. The van der Waals surface area contributed by atoms with Crippen molar-refractivity contribution in [2.75, 3.05) is 26.4 Å². The molecule has 0 N–H and O–H groups in total. The van der Waals surface area contributed by atoms with Crippen LogP contribution in [0.3, 0.4) is 0 Å². The van der Waals surface area contributed by atoms with Gasteiger partial charge in [0.2, 0.25) is 0 Å². The predicted molar refractivity (Wildman–Crippen MR) is 119 cm³/mol. The van der Waals surface area contributed by atoms with Crippen LogP contribution in [0.5, 0.6) is 11.5 Å². The standard InChI is InChI=1S/C23H24O3S2/c1-24-21-13-9-19(10-14-21)23(26-17-28-27-3,18-7-5-4-6-8-18)20-11-15-22(25-2)16-12-20/h4-16H,17H2,1-3H3. The van der Waals surface area contributed by atoms with Crippen LogP contribution in [0.4, 0.5) is 0 Å². The number of benzene rings is 3. The summed E-state index contributed by atoms with van der Waals surface area (Å²) in [5.41, 5.74) is 2.44. The van der Waals surface area contributed by atoms with Gasteiger partial charge in [-0.3, -0.25) is 0 Å². The van der Waals surface area contributed by atoms with E-state index in [1.165, 1.54) is 0 Å². The molecule has 0 radical (unpaired) electrons. The summed E-state index contributed by atoms with van der Waals surface area (Å²) < 4.78 is 17.4. The van der Waals surface area contributed by atoms with E-state index in [0.29, 0.717) is 5.94 Å². The Balaban J connectivity index is 2.20. The molecule has 0 heterocycles. The van der Waals surface area contributed by atoms with Crippen molar-refractivity contribution >= 4 is 21.6 Å². The number of hydrogen-bond donors (Lipinski definition) is 0. The minimum absolute atomic E-state index is 0.550. The number of methoxy groups -OCH3 is 2. The van der Waals surface area contributed by atoms with Gasteiger partial charge in [-0.2, -0.15) is 0 Å². The summed E-state index contributed by atoms with van der Waals surface area (Å²) in [6, 6.07) is 26.5. The molecule has 0 fully saturated rings. The third-order valence-electron chi connectivity index (χ3n) is 4.61. The lowest BCUT2D eigenvalue weighted by Gasteiger charge is -2.35. The molecule has 146 valence electrons. The molecule has 0 aliphatic carbocycles. The van der Waals surface area contributed by atoms with Crippen LogP contribution in [0.2, 0.25) is 0 Å². The highest BCUT2D eigenvalue weighted by Gasteiger charge is 2.37. The summed E-state index contributed by atoms with van der Waals surface area (Å²) in [6.45, 7) is 0.